The zero-order chi connectivity index (χ0) is 27.0. The van der Waals surface area contributed by atoms with Crippen LogP contribution >= 0.6 is 0 Å². The molecule has 8 heteroatoms. The molecule has 0 bridgehead atoms. The number of nitrogens with one attached hydrogen (secondary N) is 1. The predicted molar refractivity (Wildman–Crippen MR) is 138 cm³/mol. The van der Waals surface area contributed by atoms with Crippen molar-refractivity contribution in [2.75, 3.05) is 4.90 Å². The number of hydrogen-bond donors (Lipinski definition) is 1. The van der Waals surface area contributed by atoms with E-state index in [0.717, 1.165) is 10.5 Å². The number of anilines is 2. The van der Waals surface area contributed by atoms with Gasteiger partial charge in [-0.1, -0.05) is 97.1 Å². The third-order valence-electron chi connectivity index (χ3n) is 6.05. The van der Waals surface area contributed by atoms with E-state index in [1.54, 1.807) is 91.0 Å². The van der Waals surface area contributed by atoms with Gasteiger partial charge in [0.2, 0.25) is 0 Å². The number of carbonyl (C=O) groups excluding carboxylic acids is 2. The van der Waals surface area contributed by atoms with Crippen molar-refractivity contribution in [3.8, 4) is 0 Å². The Bertz CT molecular complexity index is 1280. The number of hydrogen-bond acceptors (Lipinski definition) is 4. The topological polar surface area (TPSA) is 58.6 Å². The molecule has 0 saturated heterocycles. The van der Waals surface area contributed by atoms with Crippen LogP contribution in [0.5, 0.6) is 0 Å². The Labute approximate surface area is 218 Å². The van der Waals surface area contributed by atoms with E-state index in [1.807, 2.05) is 30.3 Å². The minimum atomic E-state index is -4.54. The molecular formula is C30H25F3N2O3. The van der Waals surface area contributed by atoms with Crippen LogP contribution in [0, 0.1) is 0 Å². The summed E-state index contributed by atoms with van der Waals surface area (Å²) in [5.41, 5.74) is 1.99. The summed E-state index contributed by atoms with van der Waals surface area (Å²) in [7, 11) is 0. The van der Waals surface area contributed by atoms with Gasteiger partial charge in [0.25, 0.3) is 5.91 Å². The van der Waals surface area contributed by atoms with Crippen molar-refractivity contribution in [1.29, 1.82) is 0 Å². The minimum Gasteiger partial charge on any atom is -0.293 e. The molecule has 4 rings (SSSR count). The van der Waals surface area contributed by atoms with Gasteiger partial charge in [0.1, 0.15) is 0 Å². The maximum Gasteiger partial charge on any atom is 0.419 e. The van der Waals surface area contributed by atoms with Crippen molar-refractivity contribution in [1.82, 2.24) is 5.32 Å². The normalized spacial score (nSPS) is 12.8. The molecule has 5 nitrogen and oxygen atoms in total. The number of nitrogens with zero attached hydrogens (tertiary/aromatic N) is 1. The highest BCUT2D eigenvalue weighted by Gasteiger charge is 2.55. The highest BCUT2D eigenvalue weighted by Crippen LogP contribution is 2.32. The predicted octanol–water partition coefficient (Wildman–Crippen LogP) is 6.36. The number of alkyl halides is 2. The zero-order valence-corrected chi connectivity index (χ0v) is 20.2. The Morgan fingerprint density at radius 1 is 0.737 bits per heavy atom. The Kier molecular flexibility index (Phi) is 8.55. The summed E-state index contributed by atoms with van der Waals surface area (Å²) in [6.07, 6.45) is 0.214. The summed E-state index contributed by atoms with van der Waals surface area (Å²) in [6, 6.07) is 30.8. The van der Waals surface area contributed by atoms with Crippen LogP contribution in [0.15, 0.2) is 121 Å². The van der Waals surface area contributed by atoms with Gasteiger partial charge in [-0.15, -0.1) is 0 Å². The van der Waals surface area contributed by atoms with Gasteiger partial charge >= 0.3 is 11.9 Å². The Hall–Kier alpha value is -4.43. The van der Waals surface area contributed by atoms with Gasteiger partial charge in [-0.3, -0.25) is 15.0 Å². The molecule has 4 aromatic carbocycles. The molecule has 0 saturated carbocycles. The quantitative estimate of drug-likeness (QED) is 0.266. The zero-order valence-electron chi connectivity index (χ0n) is 20.2. The Balaban J connectivity index is 1.80. The number of halogens is 3. The molecule has 0 aromatic heterocycles. The van der Waals surface area contributed by atoms with Crippen LogP contribution in [0.4, 0.5) is 24.7 Å². The fraction of sp³-hybridized carbons (Fsp3) is 0.133. The van der Waals surface area contributed by atoms with E-state index in [0.29, 0.717) is 16.9 Å². The van der Waals surface area contributed by atoms with Crippen molar-refractivity contribution in [2.24, 2.45) is 0 Å². The van der Waals surface area contributed by atoms with Gasteiger partial charge in [-0.05, 0) is 41.8 Å². The fourth-order valence-corrected chi connectivity index (χ4v) is 4.20. The average Bonchev–Trinajstić information content (AvgIpc) is 2.96. The van der Waals surface area contributed by atoms with Gasteiger partial charge < -0.3 is 0 Å². The van der Waals surface area contributed by atoms with Crippen LogP contribution in [0.1, 0.15) is 17.2 Å². The van der Waals surface area contributed by atoms with Crippen LogP contribution in [0.3, 0.4) is 0 Å². The largest absolute Gasteiger partial charge is 0.419 e. The molecule has 1 N–H and O–H groups in total. The number of amides is 1. The van der Waals surface area contributed by atoms with Gasteiger partial charge in [-0.25, -0.2) is 9.74 Å². The van der Waals surface area contributed by atoms with E-state index in [4.69, 9.17) is 0 Å². The molecule has 38 heavy (non-hydrogen) atoms. The summed E-state index contributed by atoms with van der Waals surface area (Å²) in [5, 5.41) is 2.69. The molecule has 0 heterocycles. The number of benzene rings is 4. The third-order valence-corrected chi connectivity index (χ3v) is 6.05. The van der Waals surface area contributed by atoms with Crippen molar-refractivity contribution >= 4 is 23.3 Å². The van der Waals surface area contributed by atoms with Crippen LogP contribution in [-0.4, -0.2) is 23.8 Å². The second kappa shape index (κ2) is 12.2. The molecule has 4 aromatic rings. The molecule has 2 unspecified atom stereocenters. The van der Waals surface area contributed by atoms with Crippen LogP contribution in [-0.2, 0) is 21.0 Å². The van der Waals surface area contributed by atoms with Gasteiger partial charge in [0, 0.05) is 21.9 Å². The molecule has 0 radical (unpaired) electrons. The first-order valence-electron chi connectivity index (χ1n) is 11.9. The lowest BCUT2D eigenvalue weighted by atomic mass is 9.96. The van der Waals surface area contributed by atoms with Crippen LogP contribution in [0.25, 0.3) is 0 Å². The van der Waals surface area contributed by atoms with Crippen molar-refractivity contribution in [3.63, 3.8) is 0 Å². The molecule has 1 amide bonds. The van der Waals surface area contributed by atoms with E-state index in [1.165, 1.54) is 0 Å². The van der Waals surface area contributed by atoms with Crippen LogP contribution in [0.2, 0.25) is 0 Å². The SMILES string of the molecule is O=C(C(NC(Cc1ccccc1)c1ccccc1)C(F)(F)C(=O)OF)N(c1ccccc1)c1ccccc1. The van der Waals surface area contributed by atoms with Crippen molar-refractivity contribution in [2.45, 2.75) is 24.4 Å². The summed E-state index contributed by atoms with van der Waals surface area (Å²) >= 11 is 0. The summed E-state index contributed by atoms with van der Waals surface area (Å²) in [5.74, 6) is -8.17. The van der Waals surface area contributed by atoms with Crippen LogP contribution < -0.4 is 10.2 Å². The van der Waals surface area contributed by atoms with E-state index in [2.05, 4.69) is 10.3 Å². The Morgan fingerprint density at radius 2 is 1.18 bits per heavy atom. The van der Waals surface area contributed by atoms with Gasteiger partial charge in [0.15, 0.2) is 6.04 Å². The molecular weight excluding hydrogens is 493 g/mol. The van der Waals surface area contributed by atoms with Crippen molar-refractivity contribution < 1.29 is 27.8 Å². The molecule has 0 spiro atoms. The van der Waals surface area contributed by atoms with E-state index >= 15 is 8.78 Å². The van der Waals surface area contributed by atoms with Gasteiger partial charge in [-0.2, -0.15) is 8.78 Å². The number of carbonyl (C=O) groups is 2. The second-order valence-electron chi connectivity index (χ2n) is 8.58. The first-order valence-corrected chi connectivity index (χ1v) is 11.9. The van der Waals surface area contributed by atoms with Gasteiger partial charge in [0.05, 0.1) is 0 Å². The number of para-hydroxylation sites is 2. The lowest BCUT2D eigenvalue weighted by molar-refractivity contribution is -0.215. The first-order chi connectivity index (χ1) is 18.4. The smallest absolute Gasteiger partial charge is 0.293 e. The fourth-order valence-electron chi connectivity index (χ4n) is 4.20. The summed E-state index contributed by atoms with van der Waals surface area (Å²) < 4.78 is 43.9. The Morgan fingerprint density at radius 3 is 1.66 bits per heavy atom. The lowest BCUT2D eigenvalue weighted by Gasteiger charge is -2.33. The lowest BCUT2D eigenvalue weighted by Crippen LogP contribution is -2.59. The minimum absolute atomic E-state index is 0.214. The highest BCUT2D eigenvalue weighted by molar-refractivity contribution is 6.06. The molecule has 0 aliphatic rings. The maximum absolute atomic E-state index is 15.5. The first kappa shape index (κ1) is 26.6. The van der Waals surface area contributed by atoms with E-state index in [9.17, 15) is 14.1 Å². The monoisotopic (exact) mass is 518 g/mol. The molecule has 2 atom stereocenters. The second-order valence-corrected chi connectivity index (χ2v) is 8.58. The molecule has 0 fully saturated rings. The average molecular weight is 519 g/mol. The van der Waals surface area contributed by atoms with E-state index < -0.39 is 29.9 Å². The third kappa shape index (κ3) is 6.10. The standard InChI is InChI=1S/C30H25F3N2O3/c31-30(32,29(37)38-33)27(28(36)35(24-17-9-3-10-18-24)25-19-11-4-12-20-25)34-26(23-15-7-2-8-16-23)21-22-13-5-1-6-14-22/h1-20,26-27,34H,21H2. The summed E-state index contributed by atoms with van der Waals surface area (Å²) in [4.78, 5) is 30.0. The highest BCUT2D eigenvalue weighted by atomic mass is 19.3. The van der Waals surface area contributed by atoms with Crippen molar-refractivity contribution in [3.05, 3.63) is 132 Å². The maximum atomic E-state index is 15.5. The van der Waals surface area contributed by atoms with E-state index in [-0.39, 0.29) is 6.42 Å². The summed E-state index contributed by atoms with van der Waals surface area (Å²) in [6.45, 7) is 0. The molecule has 194 valence electrons. The number of rotatable bonds is 10. The molecule has 0 aliphatic carbocycles. The molecule has 0 aliphatic heterocycles.